The molecule has 2 aliphatic rings. The molecule has 6 heteroatoms. The molecular weight excluding hydrogens is 373 g/mol. The van der Waals surface area contributed by atoms with Gasteiger partial charge >= 0.3 is 0 Å². The average Bonchev–Trinajstić information content (AvgIpc) is 3.07. The van der Waals surface area contributed by atoms with E-state index in [1.807, 2.05) is 6.07 Å². The van der Waals surface area contributed by atoms with Gasteiger partial charge < -0.3 is 10.6 Å². The van der Waals surface area contributed by atoms with Crippen LogP contribution in [-0.2, 0) is 19.5 Å². The topological polar surface area (TPSA) is 44.4 Å². The Labute approximate surface area is 167 Å². The Balaban J connectivity index is 1.38. The van der Waals surface area contributed by atoms with Gasteiger partial charge in [-0.3, -0.25) is 9.69 Å². The molecule has 0 saturated heterocycles. The fraction of sp³-hybridized carbons (Fsp3) is 0.227. The maximum atomic E-state index is 13.2. The van der Waals surface area contributed by atoms with Gasteiger partial charge in [-0.2, -0.15) is 0 Å². The number of carbonyl (C=O) groups excluding carboxylic acids is 1. The first-order valence-electron chi connectivity index (χ1n) is 9.41. The minimum absolute atomic E-state index is 0.0444. The summed E-state index contributed by atoms with van der Waals surface area (Å²) in [6.07, 6.45) is 0.547. The predicted molar refractivity (Wildman–Crippen MR) is 109 cm³/mol. The molecule has 0 spiro atoms. The lowest BCUT2D eigenvalue weighted by atomic mass is 10.00. The highest BCUT2D eigenvalue weighted by Gasteiger charge is 2.33. The van der Waals surface area contributed by atoms with E-state index in [4.69, 9.17) is 0 Å². The van der Waals surface area contributed by atoms with Gasteiger partial charge in [0.15, 0.2) is 0 Å². The average molecular weight is 393 g/mol. The van der Waals surface area contributed by atoms with Crippen molar-refractivity contribution < 1.29 is 9.18 Å². The van der Waals surface area contributed by atoms with Crippen LogP contribution in [-0.4, -0.2) is 17.4 Å². The van der Waals surface area contributed by atoms with Crippen LogP contribution in [0.1, 0.15) is 38.1 Å². The Hall–Kier alpha value is -2.70. The summed E-state index contributed by atoms with van der Waals surface area (Å²) >= 11 is 1.67. The van der Waals surface area contributed by atoms with Crippen molar-refractivity contribution in [3.05, 3.63) is 87.5 Å². The van der Waals surface area contributed by atoms with E-state index in [2.05, 4.69) is 39.8 Å². The summed E-state index contributed by atoms with van der Waals surface area (Å²) in [6.45, 7) is 2.72. The molecule has 2 aliphatic heterocycles. The van der Waals surface area contributed by atoms with E-state index in [9.17, 15) is 9.18 Å². The van der Waals surface area contributed by atoms with Gasteiger partial charge in [-0.15, -0.1) is 11.3 Å². The largest absolute Gasteiger partial charge is 0.353 e. The Morgan fingerprint density at radius 3 is 2.64 bits per heavy atom. The number of benzene rings is 2. The molecule has 0 unspecified atom stereocenters. The van der Waals surface area contributed by atoms with E-state index >= 15 is 0 Å². The lowest BCUT2D eigenvalue weighted by Gasteiger charge is -2.28. The molecule has 3 heterocycles. The standard InChI is InChI=1S/C22H20FN3OS/c23-16-8-6-15(7-9-16)20-24-21(27)19-17-10-11-26(12-14-4-2-1-3-5-14)13-18(17)28-22(19)25-20/h1-9,20,25H,10-13H2,(H,24,27)/t20-/m0/s1. The Morgan fingerprint density at radius 2 is 1.86 bits per heavy atom. The second kappa shape index (κ2) is 7.04. The number of nitrogens with one attached hydrogen (secondary N) is 2. The summed E-state index contributed by atoms with van der Waals surface area (Å²) in [7, 11) is 0. The van der Waals surface area contributed by atoms with Crippen LogP contribution in [0.3, 0.4) is 0 Å². The molecular formula is C22H20FN3OS. The van der Waals surface area contributed by atoms with Crippen LogP contribution in [0.5, 0.6) is 0 Å². The van der Waals surface area contributed by atoms with Gasteiger partial charge in [0.2, 0.25) is 0 Å². The number of halogens is 1. The van der Waals surface area contributed by atoms with Crippen LogP contribution < -0.4 is 10.6 Å². The van der Waals surface area contributed by atoms with Gasteiger partial charge in [-0.05, 0) is 35.2 Å². The zero-order valence-electron chi connectivity index (χ0n) is 15.2. The molecule has 4 nitrogen and oxygen atoms in total. The van der Waals surface area contributed by atoms with Gasteiger partial charge in [0.05, 0.1) is 5.56 Å². The molecule has 0 radical (unpaired) electrons. The molecule has 0 fully saturated rings. The van der Waals surface area contributed by atoms with E-state index in [0.29, 0.717) is 0 Å². The zero-order chi connectivity index (χ0) is 19.1. The minimum atomic E-state index is -0.332. The molecule has 28 heavy (non-hydrogen) atoms. The first-order chi connectivity index (χ1) is 13.7. The van der Waals surface area contributed by atoms with Crippen molar-refractivity contribution in [2.75, 3.05) is 11.9 Å². The first-order valence-corrected chi connectivity index (χ1v) is 10.2. The maximum absolute atomic E-state index is 13.2. The van der Waals surface area contributed by atoms with Crippen LogP contribution in [0, 0.1) is 5.82 Å². The zero-order valence-corrected chi connectivity index (χ0v) is 16.1. The summed E-state index contributed by atoms with van der Waals surface area (Å²) < 4.78 is 13.2. The van der Waals surface area contributed by atoms with Crippen molar-refractivity contribution in [1.29, 1.82) is 0 Å². The van der Waals surface area contributed by atoms with Crippen LogP contribution in [0.4, 0.5) is 9.39 Å². The van der Waals surface area contributed by atoms with E-state index in [1.165, 1.54) is 28.1 Å². The fourth-order valence-corrected chi connectivity index (χ4v) is 5.28. The number of nitrogens with zero attached hydrogens (tertiary/aromatic N) is 1. The number of hydrogen-bond donors (Lipinski definition) is 2. The lowest BCUT2D eigenvalue weighted by Crippen LogP contribution is -2.38. The molecule has 3 aromatic rings. The molecule has 5 rings (SSSR count). The third-order valence-electron chi connectivity index (χ3n) is 5.37. The minimum Gasteiger partial charge on any atom is -0.353 e. The summed E-state index contributed by atoms with van der Waals surface area (Å²) in [5.41, 5.74) is 4.11. The molecule has 2 aromatic carbocycles. The summed E-state index contributed by atoms with van der Waals surface area (Å²) in [5.74, 6) is -0.325. The Morgan fingerprint density at radius 1 is 1.07 bits per heavy atom. The van der Waals surface area contributed by atoms with E-state index in [1.54, 1.807) is 23.5 Å². The van der Waals surface area contributed by atoms with Crippen molar-refractivity contribution in [2.45, 2.75) is 25.7 Å². The molecule has 0 saturated carbocycles. The number of fused-ring (bicyclic) bond motifs is 3. The van der Waals surface area contributed by atoms with Crippen molar-refractivity contribution in [3.8, 4) is 0 Å². The normalized spacial score (nSPS) is 18.8. The van der Waals surface area contributed by atoms with E-state index < -0.39 is 0 Å². The van der Waals surface area contributed by atoms with Gasteiger partial charge in [-0.25, -0.2) is 4.39 Å². The highest BCUT2D eigenvalue weighted by molar-refractivity contribution is 7.16. The smallest absolute Gasteiger partial charge is 0.256 e. The SMILES string of the molecule is O=C1N[C@H](c2ccc(F)cc2)Nc2sc3c(c21)CCN(Cc1ccccc1)C3. The molecule has 1 atom stereocenters. The van der Waals surface area contributed by atoms with Crippen LogP contribution >= 0.6 is 11.3 Å². The second-order valence-corrected chi connectivity index (χ2v) is 8.36. The third-order valence-corrected chi connectivity index (χ3v) is 6.51. The number of amides is 1. The summed E-state index contributed by atoms with van der Waals surface area (Å²) in [5, 5.41) is 7.37. The van der Waals surface area contributed by atoms with E-state index in [0.717, 1.165) is 42.2 Å². The van der Waals surface area contributed by atoms with Gasteiger partial charge in [0.25, 0.3) is 5.91 Å². The number of anilines is 1. The molecule has 1 amide bonds. The van der Waals surface area contributed by atoms with Crippen LogP contribution in [0.15, 0.2) is 54.6 Å². The Kier molecular flexibility index (Phi) is 4.37. The Bertz CT molecular complexity index is 1020. The van der Waals surface area contributed by atoms with Crippen molar-refractivity contribution in [1.82, 2.24) is 10.2 Å². The van der Waals surface area contributed by atoms with Crippen LogP contribution in [0.25, 0.3) is 0 Å². The highest BCUT2D eigenvalue weighted by atomic mass is 32.1. The highest BCUT2D eigenvalue weighted by Crippen LogP contribution is 2.40. The quantitative estimate of drug-likeness (QED) is 0.697. The summed E-state index contributed by atoms with van der Waals surface area (Å²) in [6, 6.07) is 16.7. The van der Waals surface area contributed by atoms with Crippen molar-refractivity contribution >= 4 is 22.2 Å². The monoisotopic (exact) mass is 393 g/mol. The van der Waals surface area contributed by atoms with Gasteiger partial charge in [-0.1, -0.05) is 42.5 Å². The summed E-state index contributed by atoms with van der Waals surface area (Å²) in [4.78, 5) is 16.5. The first kappa shape index (κ1) is 17.4. The van der Waals surface area contributed by atoms with Gasteiger partial charge in [0.1, 0.15) is 17.0 Å². The fourth-order valence-electron chi connectivity index (χ4n) is 3.97. The molecule has 0 bridgehead atoms. The predicted octanol–water partition coefficient (Wildman–Crippen LogP) is 4.30. The molecule has 2 N–H and O–H groups in total. The molecule has 142 valence electrons. The number of thiophene rings is 1. The molecule has 1 aromatic heterocycles. The van der Waals surface area contributed by atoms with Crippen molar-refractivity contribution in [3.63, 3.8) is 0 Å². The van der Waals surface area contributed by atoms with E-state index in [-0.39, 0.29) is 17.9 Å². The number of rotatable bonds is 3. The van der Waals surface area contributed by atoms with Gasteiger partial charge in [0, 0.05) is 24.5 Å². The van der Waals surface area contributed by atoms with Crippen molar-refractivity contribution in [2.24, 2.45) is 0 Å². The third kappa shape index (κ3) is 3.19. The number of hydrogen-bond acceptors (Lipinski definition) is 4. The molecule has 0 aliphatic carbocycles. The number of carbonyl (C=O) groups is 1. The second-order valence-electron chi connectivity index (χ2n) is 7.26. The van der Waals surface area contributed by atoms with Crippen LogP contribution in [0.2, 0.25) is 0 Å². The maximum Gasteiger partial charge on any atom is 0.256 e. The lowest BCUT2D eigenvalue weighted by molar-refractivity contribution is 0.0934.